The second-order valence-corrected chi connectivity index (χ2v) is 4.90. The van der Waals surface area contributed by atoms with Gasteiger partial charge in [-0.3, -0.25) is 0 Å². The van der Waals surface area contributed by atoms with Crippen LogP contribution in [-0.2, 0) is 20.0 Å². The average Bonchev–Trinajstić information content (AvgIpc) is 2.83. The number of hydrogen-bond acceptors (Lipinski definition) is 0. The van der Waals surface area contributed by atoms with Gasteiger partial charge in [0.2, 0.25) is 0 Å². The van der Waals surface area contributed by atoms with Crippen molar-refractivity contribution in [2.24, 2.45) is 0 Å². The molecule has 0 spiro atoms. The van der Waals surface area contributed by atoms with E-state index < -0.39 is 0 Å². The summed E-state index contributed by atoms with van der Waals surface area (Å²) in [6, 6.07) is 20.0. The van der Waals surface area contributed by atoms with E-state index in [-0.39, 0.29) is 0 Å². The normalized spacial score (nSPS) is 7.71. The van der Waals surface area contributed by atoms with E-state index in [1.807, 2.05) is 60.7 Å². The van der Waals surface area contributed by atoms with Crippen molar-refractivity contribution in [1.82, 2.24) is 0 Å². The molecule has 0 saturated heterocycles. The van der Waals surface area contributed by atoms with Gasteiger partial charge in [0, 0.05) is 0 Å². The van der Waals surface area contributed by atoms with Crippen molar-refractivity contribution >= 4 is 25.9 Å². The van der Waals surface area contributed by atoms with E-state index in [0.29, 0.717) is 2.73 Å². The van der Waals surface area contributed by atoms with Crippen LogP contribution in [0.15, 0.2) is 60.7 Å². The Kier molecular flexibility index (Phi) is 10.8. The molecular weight excluding hydrogens is 251 g/mol. The molecule has 72 valence electrons. The van der Waals surface area contributed by atoms with E-state index in [1.165, 1.54) is 0 Å². The summed E-state index contributed by atoms with van der Waals surface area (Å²) in [5.74, 6) is 0. The zero-order valence-corrected chi connectivity index (χ0v) is 10.6. The van der Waals surface area contributed by atoms with Crippen molar-refractivity contribution in [3.63, 3.8) is 0 Å². The molecule has 0 aliphatic carbocycles. The minimum atomic E-state index is 0.361. The second-order valence-electron chi connectivity index (χ2n) is 2.18. The van der Waals surface area contributed by atoms with Crippen LogP contribution in [0, 0.1) is 0 Å². The molecule has 0 fully saturated rings. The maximum Gasteiger partial charge on any atom is -0.172 e. The van der Waals surface area contributed by atoms with Gasteiger partial charge in [-0.05, 0) is 0 Å². The fraction of sp³-hybridized carbons (Fsp3) is 0. The van der Waals surface area contributed by atoms with Crippen LogP contribution in [-0.4, -0.2) is 2.73 Å². The molecule has 14 heavy (non-hydrogen) atoms. The van der Waals surface area contributed by atoms with Gasteiger partial charge in [0.1, 0.15) is 0 Å². The monoisotopic (exact) mass is 260 g/mol. The molecule has 0 aliphatic rings. The largest absolute Gasteiger partial charge is 0.214 e. The molecule has 2 aromatic carbocycles. The molecule has 0 nitrogen and oxygen atoms in total. The van der Waals surface area contributed by atoms with Gasteiger partial charge in [-0.2, -0.15) is 36.4 Å². The van der Waals surface area contributed by atoms with Gasteiger partial charge in [0.15, 0.2) is 0 Å². The second kappa shape index (κ2) is 10.9. The maximum absolute atomic E-state index is 4.96. The summed E-state index contributed by atoms with van der Waals surface area (Å²) in [7, 11) is 0. The predicted molar refractivity (Wildman–Crippen MR) is 60.8 cm³/mol. The van der Waals surface area contributed by atoms with Gasteiger partial charge in [0.25, 0.3) is 0 Å². The average molecular weight is 261 g/mol. The molecule has 0 aromatic heterocycles. The third-order valence-electron chi connectivity index (χ3n) is 1.11. The number of rotatable bonds is 0. The first-order valence-corrected chi connectivity index (χ1v) is 5.50. The minimum Gasteiger partial charge on any atom is -0.214 e. The first-order chi connectivity index (χ1) is 6.73. The van der Waals surface area contributed by atoms with Crippen LogP contribution in [0.25, 0.3) is 0 Å². The van der Waals surface area contributed by atoms with Crippen LogP contribution in [0.1, 0.15) is 0 Å². The summed E-state index contributed by atoms with van der Waals surface area (Å²) in [6.07, 6.45) is 0. The molecule has 0 radical (unpaired) electrons. The Hall–Kier alpha value is -0.136. The third kappa shape index (κ3) is 14.4. The molecule has 2 aromatic rings. The van der Waals surface area contributed by atoms with E-state index in [2.05, 4.69) is 0 Å². The van der Waals surface area contributed by atoms with Gasteiger partial charge in [0.05, 0.1) is 0 Å². The first-order valence-electron chi connectivity index (χ1n) is 3.96. The van der Waals surface area contributed by atoms with Crippen LogP contribution in [0.4, 0.5) is 0 Å². The van der Waals surface area contributed by atoms with Crippen LogP contribution >= 0.6 is 23.2 Å². The maximum atomic E-state index is 4.96. The molecule has 0 amide bonds. The topological polar surface area (TPSA) is 0 Å². The Morgan fingerprint density at radius 1 is 0.786 bits per heavy atom. The van der Waals surface area contributed by atoms with Crippen molar-refractivity contribution < 1.29 is 20.0 Å². The molecule has 0 N–H and O–H groups in total. The molecule has 0 heterocycles. The summed E-state index contributed by atoms with van der Waals surface area (Å²) < 4.78 is 0.361. The van der Waals surface area contributed by atoms with Crippen LogP contribution in [0.3, 0.4) is 0 Å². The smallest absolute Gasteiger partial charge is 0.172 e. The van der Waals surface area contributed by atoms with E-state index in [0.717, 1.165) is 0 Å². The van der Waals surface area contributed by atoms with Gasteiger partial charge in [-0.15, -0.1) is 0 Å². The van der Waals surface area contributed by atoms with Gasteiger partial charge in [-0.1, -0.05) is 0 Å². The molecule has 0 bridgehead atoms. The zero-order chi connectivity index (χ0) is 10.6. The van der Waals surface area contributed by atoms with Gasteiger partial charge >= 0.3 is 45.9 Å². The molecule has 3 heteroatoms. The Morgan fingerprint density at radius 2 is 1.00 bits per heavy atom. The molecule has 2 rings (SSSR count). The zero-order valence-electron chi connectivity index (χ0n) is 7.53. The van der Waals surface area contributed by atoms with Crippen molar-refractivity contribution in [3.05, 3.63) is 60.7 Å². The molecule has 0 saturated carbocycles. The SMILES string of the molecule is Cl[C](Cl)=[Ti+2].c1cc[cH-]c1.c1cc[cH-]c1. The summed E-state index contributed by atoms with van der Waals surface area (Å²) in [5, 5.41) is 0. The number of halogens is 2. The first kappa shape index (κ1) is 13.9. The molecule has 0 atom stereocenters. The van der Waals surface area contributed by atoms with Gasteiger partial charge < -0.3 is 0 Å². The summed E-state index contributed by atoms with van der Waals surface area (Å²) >= 11 is 11.5. The summed E-state index contributed by atoms with van der Waals surface area (Å²) in [6.45, 7) is 0. The minimum absolute atomic E-state index is 0.361. The van der Waals surface area contributed by atoms with Crippen molar-refractivity contribution in [1.29, 1.82) is 0 Å². The van der Waals surface area contributed by atoms with Crippen molar-refractivity contribution in [2.45, 2.75) is 0 Å². The Bertz CT molecular complexity index is 220. The van der Waals surface area contributed by atoms with Crippen LogP contribution in [0.2, 0.25) is 0 Å². The fourth-order valence-electron chi connectivity index (χ4n) is 0.642. The standard InChI is InChI=1S/2C5H5.CCl2.Ti/c2*1-2-4-5-3-1;2-1-3;/h2*1-5H;;/q2*-1;;+2. The van der Waals surface area contributed by atoms with Crippen LogP contribution in [0.5, 0.6) is 0 Å². The van der Waals surface area contributed by atoms with Crippen LogP contribution < -0.4 is 0 Å². The third-order valence-corrected chi connectivity index (χ3v) is 1.11. The molecule has 0 aliphatic heterocycles. The number of hydrogen-bond donors (Lipinski definition) is 0. The fourth-order valence-corrected chi connectivity index (χ4v) is 0.642. The summed E-state index contributed by atoms with van der Waals surface area (Å²) in [5.41, 5.74) is 0. The van der Waals surface area contributed by atoms with Gasteiger partial charge in [-0.25, -0.2) is 24.3 Å². The Morgan fingerprint density at radius 3 is 1.07 bits per heavy atom. The van der Waals surface area contributed by atoms with Crippen molar-refractivity contribution in [2.75, 3.05) is 0 Å². The van der Waals surface area contributed by atoms with E-state index in [4.69, 9.17) is 23.2 Å². The quantitative estimate of drug-likeness (QED) is 0.498. The predicted octanol–water partition coefficient (Wildman–Crippen LogP) is 3.91. The molecular formula is C11H10Cl2Ti. The molecule has 0 unspecified atom stereocenters. The summed E-state index contributed by atoms with van der Waals surface area (Å²) in [4.78, 5) is 0. The van der Waals surface area contributed by atoms with Crippen molar-refractivity contribution in [3.8, 4) is 0 Å². The Balaban J connectivity index is 0.000000183. The van der Waals surface area contributed by atoms with E-state index >= 15 is 0 Å². The Labute approximate surface area is 106 Å². The van der Waals surface area contributed by atoms with E-state index in [9.17, 15) is 0 Å². The van der Waals surface area contributed by atoms with E-state index in [1.54, 1.807) is 20.0 Å².